The first kappa shape index (κ1) is 15.7. The summed E-state index contributed by atoms with van der Waals surface area (Å²) in [6, 6.07) is 0. The molecule has 0 saturated carbocycles. The zero-order valence-corrected chi connectivity index (χ0v) is 11.2. The Morgan fingerprint density at radius 1 is 1.53 bits per heavy atom. The first-order valence-electron chi connectivity index (χ1n) is 5.53. The molecule has 0 aromatic rings. The number of ether oxygens (including phenoxy) is 1. The van der Waals surface area contributed by atoms with Gasteiger partial charge in [0.25, 0.3) is 0 Å². The molecule has 6 heteroatoms. The van der Waals surface area contributed by atoms with Crippen LogP contribution in [-0.2, 0) is 9.53 Å². The van der Waals surface area contributed by atoms with Gasteiger partial charge in [-0.2, -0.15) is 0 Å². The fourth-order valence-electron chi connectivity index (χ4n) is 1.65. The van der Waals surface area contributed by atoms with Crippen LogP contribution in [0.2, 0.25) is 0 Å². The summed E-state index contributed by atoms with van der Waals surface area (Å²) < 4.78 is 5.01. The summed E-state index contributed by atoms with van der Waals surface area (Å²) in [7, 11) is 1.57. The molecule has 0 aliphatic heterocycles. The van der Waals surface area contributed by atoms with Crippen molar-refractivity contribution in [3.05, 3.63) is 0 Å². The minimum atomic E-state index is -0.642. The van der Waals surface area contributed by atoms with Gasteiger partial charge < -0.3 is 21.0 Å². The summed E-state index contributed by atoms with van der Waals surface area (Å²) in [5.74, 6) is -1.04. The van der Waals surface area contributed by atoms with Crippen molar-refractivity contribution >= 4 is 11.7 Å². The Kier molecular flexibility index (Phi) is 5.95. The monoisotopic (exact) mass is 245 g/mol. The van der Waals surface area contributed by atoms with E-state index in [1.807, 2.05) is 27.7 Å². The first-order chi connectivity index (χ1) is 7.75. The summed E-state index contributed by atoms with van der Waals surface area (Å²) in [5.41, 5.74) is 5.03. The molecule has 0 saturated heterocycles. The number of nitrogens with two attached hydrogens (primary N) is 1. The standard InChI is InChI=1S/C11H23N3O3/c1-7(2)8(9(12)14-16)10(15)13-11(3,4)6-17-5/h7-8,16H,6H2,1-5H3,(H2,12,14)(H,13,15). The number of oxime groups is 1. The van der Waals surface area contributed by atoms with Gasteiger partial charge in [0.2, 0.25) is 5.91 Å². The van der Waals surface area contributed by atoms with Crippen molar-refractivity contribution in [1.82, 2.24) is 5.32 Å². The number of carbonyl (C=O) groups excluding carboxylic acids is 1. The lowest BCUT2D eigenvalue weighted by Gasteiger charge is -2.28. The van der Waals surface area contributed by atoms with Gasteiger partial charge in [-0.3, -0.25) is 4.79 Å². The van der Waals surface area contributed by atoms with Crippen LogP contribution in [-0.4, -0.2) is 36.2 Å². The van der Waals surface area contributed by atoms with Crippen molar-refractivity contribution in [3.8, 4) is 0 Å². The van der Waals surface area contributed by atoms with Crippen LogP contribution >= 0.6 is 0 Å². The van der Waals surface area contributed by atoms with Crippen LogP contribution < -0.4 is 11.1 Å². The number of nitrogens with zero attached hydrogens (tertiary/aromatic N) is 1. The minimum absolute atomic E-state index is 0.0516. The van der Waals surface area contributed by atoms with E-state index in [9.17, 15) is 4.79 Å². The third-order valence-corrected chi connectivity index (χ3v) is 2.35. The molecule has 0 aliphatic carbocycles. The molecule has 0 aromatic heterocycles. The van der Waals surface area contributed by atoms with Gasteiger partial charge in [0.05, 0.1) is 12.1 Å². The quantitative estimate of drug-likeness (QED) is 0.275. The molecule has 1 unspecified atom stereocenters. The van der Waals surface area contributed by atoms with Crippen LogP contribution in [0.25, 0.3) is 0 Å². The topological polar surface area (TPSA) is 96.9 Å². The van der Waals surface area contributed by atoms with Crippen LogP contribution in [0, 0.1) is 11.8 Å². The van der Waals surface area contributed by atoms with E-state index in [0.29, 0.717) is 6.61 Å². The van der Waals surface area contributed by atoms with E-state index in [1.54, 1.807) is 7.11 Å². The molecule has 4 N–H and O–H groups in total. The van der Waals surface area contributed by atoms with Crippen LogP contribution in [0.1, 0.15) is 27.7 Å². The Balaban J connectivity index is 4.76. The normalized spacial score (nSPS) is 14.8. The highest BCUT2D eigenvalue weighted by molar-refractivity contribution is 6.02. The molecular weight excluding hydrogens is 222 g/mol. The second-order valence-electron chi connectivity index (χ2n) is 5.05. The molecule has 0 bridgehead atoms. The lowest BCUT2D eigenvalue weighted by molar-refractivity contribution is -0.126. The predicted octanol–water partition coefficient (Wildman–Crippen LogP) is 0.546. The highest BCUT2D eigenvalue weighted by Gasteiger charge is 2.30. The Hall–Kier alpha value is -1.30. The summed E-state index contributed by atoms with van der Waals surface area (Å²) in [4.78, 5) is 12.0. The zero-order chi connectivity index (χ0) is 13.6. The molecule has 0 aliphatic rings. The fourth-order valence-corrected chi connectivity index (χ4v) is 1.65. The van der Waals surface area contributed by atoms with Crippen molar-refractivity contribution in [2.75, 3.05) is 13.7 Å². The van der Waals surface area contributed by atoms with Gasteiger partial charge in [-0.05, 0) is 19.8 Å². The minimum Gasteiger partial charge on any atom is -0.409 e. The number of amides is 1. The smallest absolute Gasteiger partial charge is 0.231 e. The van der Waals surface area contributed by atoms with E-state index in [2.05, 4.69) is 10.5 Å². The second kappa shape index (κ2) is 6.44. The molecule has 0 fully saturated rings. The Bertz CT molecular complexity index is 288. The SMILES string of the molecule is COCC(C)(C)NC(=O)C(C(N)=NO)C(C)C. The molecule has 6 nitrogen and oxygen atoms in total. The maximum absolute atomic E-state index is 12.0. The molecule has 0 heterocycles. The molecule has 0 spiro atoms. The number of hydrogen-bond acceptors (Lipinski definition) is 4. The summed E-state index contributed by atoms with van der Waals surface area (Å²) in [6.07, 6.45) is 0. The van der Waals surface area contributed by atoms with Gasteiger partial charge in [-0.1, -0.05) is 19.0 Å². The molecular formula is C11H23N3O3. The number of methoxy groups -OCH3 is 1. The van der Waals surface area contributed by atoms with E-state index in [1.165, 1.54) is 0 Å². The fraction of sp³-hybridized carbons (Fsp3) is 0.818. The lowest BCUT2D eigenvalue weighted by Crippen LogP contribution is -2.52. The average Bonchev–Trinajstić information content (AvgIpc) is 2.15. The number of rotatable bonds is 6. The van der Waals surface area contributed by atoms with Crippen molar-refractivity contribution in [1.29, 1.82) is 0 Å². The van der Waals surface area contributed by atoms with Crippen LogP contribution in [0.3, 0.4) is 0 Å². The highest BCUT2D eigenvalue weighted by atomic mass is 16.5. The van der Waals surface area contributed by atoms with Gasteiger partial charge in [-0.25, -0.2) is 0 Å². The molecule has 1 atom stereocenters. The van der Waals surface area contributed by atoms with Crippen LogP contribution in [0.5, 0.6) is 0 Å². The Morgan fingerprint density at radius 2 is 2.06 bits per heavy atom. The molecule has 1 amide bonds. The van der Waals surface area contributed by atoms with E-state index < -0.39 is 11.5 Å². The Labute approximate surface area is 102 Å². The van der Waals surface area contributed by atoms with E-state index >= 15 is 0 Å². The molecule has 17 heavy (non-hydrogen) atoms. The van der Waals surface area contributed by atoms with Gasteiger partial charge in [0.1, 0.15) is 5.92 Å². The second-order valence-corrected chi connectivity index (χ2v) is 5.05. The highest BCUT2D eigenvalue weighted by Crippen LogP contribution is 2.13. The van der Waals surface area contributed by atoms with Crippen molar-refractivity contribution in [2.24, 2.45) is 22.7 Å². The van der Waals surface area contributed by atoms with Gasteiger partial charge >= 0.3 is 0 Å². The average molecular weight is 245 g/mol. The Morgan fingerprint density at radius 3 is 2.41 bits per heavy atom. The molecule has 0 radical (unpaired) electrons. The molecule has 0 rings (SSSR count). The summed E-state index contributed by atoms with van der Waals surface area (Å²) >= 11 is 0. The largest absolute Gasteiger partial charge is 0.409 e. The van der Waals surface area contributed by atoms with Crippen molar-refractivity contribution in [3.63, 3.8) is 0 Å². The summed E-state index contributed by atoms with van der Waals surface area (Å²) in [6.45, 7) is 7.76. The van der Waals surface area contributed by atoms with E-state index in [4.69, 9.17) is 15.7 Å². The number of hydrogen-bond donors (Lipinski definition) is 3. The lowest BCUT2D eigenvalue weighted by atomic mass is 9.92. The van der Waals surface area contributed by atoms with Gasteiger partial charge in [-0.15, -0.1) is 0 Å². The van der Waals surface area contributed by atoms with E-state index in [-0.39, 0.29) is 17.7 Å². The van der Waals surface area contributed by atoms with Crippen molar-refractivity contribution < 1.29 is 14.7 Å². The third-order valence-electron chi connectivity index (χ3n) is 2.35. The van der Waals surface area contributed by atoms with Crippen molar-refractivity contribution in [2.45, 2.75) is 33.2 Å². The third kappa shape index (κ3) is 5.04. The number of amidine groups is 1. The number of carbonyl (C=O) groups is 1. The maximum atomic E-state index is 12.0. The predicted molar refractivity (Wildman–Crippen MR) is 65.8 cm³/mol. The van der Waals surface area contributed by atoms with Gasteiger partial charge in [0, 0.05) is 7.11 Å². The maximum Gasteiger partial charge on any atom is 0.231 e. The number of nitrogens with one attached hydrogen (secondary N) is 1. The zero-order valence-electron chi connectivity index (χ0n) is 11.2. The molecule has 100 valence electrons. The molecule has 0 aromatic carbocycles. The van der Waals surface area contributed by atoms with Crippen LogP contribution in [0.15, 0.2) is 5.16 Å². The van der Waals surface area contributed by atoms with Crippen LogP contribution in [0.4, 0.5) is 0 Å². The van der Waals surface area contributed by atoms with E-state index in [0.717, 1.165) is 0 Å². The van der Waals surface area contributed by atoms with Gasteiger partial charge in [0.15, 0.2) is 5.84 Å². The first-order valence-corrected chi connectivity index (χ1v) is 5.53. The summed E-state index contributed by atoms with van der Waals surface area (Å²) in [5, 5.41) is 14.4.